The normalized spacial score (nSPS) is 31.2. The van der Waals surface area contributed by atoms with Crippen LogP contribution in [0.1, 0.15) is 50.2 Å². The Morgan fingerprint density at radius 2 is 1.13 bits per heavy atom. The van der Waals surface area contributed by atoms with Gasteiger partial charge in [0.15, 0.2) is 6.29 Å². The lowest BCUT2D eigenvalue weighted by atomic mass is 9.67. The van der Waals surface area contributed by atoms with Crippen molar-refractivity contribution in [2.45, 2.75) is 82.8 Å². The Labute approximate surface area is 225 Å². The summed E-state index contributed by atoms with van der Waals surface area (Å²) in [5, 5.41) is 24.0. The number of fused-ring (bicyclic) bond motifs is 2. The molecule has 0 aromatic heterocycles. The van der Waals surface area contributed by atoms with E-state index in [0.29, 0.717) is 6.42 Å². The molecule has 0 amide bonds. The summed E-state index contributed by atoms with van der Waals surface area (Å²) in [4.78, 5) is 0. The second-order valence-corrected chi connectivity index (χ2v) is 11.6. The molecule has 1 heterocycles. The fourth-order valence-electron chi connectivity index (χ4n) is 5.69. The zero-order valence-electron chi connectivity index (χ0n) is 22.3. The first kappa shape index (κ1) is 27.0. The monoisotopic (exact) mass is 518 g/mol. The van der Waals surface area contributed by atoms with Crippen LogP contribution < -0.4 is 0 Å². The lowest BCUT2D eigenvalue weighted by Crippen LogP contribution is -2.75. The van der Waals surface area contributed by atoms with Crippen molar-refractivity contribution in [3.8, 4) is 0 Å². The molecule has 6 heteroatoms. The van der Waals surface area contributed by atoms with E-state index in [1.165, 1.54) is 0 Å². The summed E-state index contributed by atoms with van der Waals surface area (Å²) in [6.45, 7) is 6.74. The lowest BCUT2D eigenvalue weighted by molar-refractivity contribution is -0.400. The largest absolute Gasteiger partial charge is 0.387 e. The van der Waals surface area contributed by atoms with E-state index in [2.05, 4.69) is 20.8 Å². The average Bonchev–Trinajstić information content (AvgIpc) is 2.90. The van der Waals surface area contributed by atoms with Crippen LogP contribution in [0.15, 0.2) is 91.0 Å². The average molecular weight is 519 g/mol. The van der Waals surface area contributed by atoms with Gasteiger partial charge in [0.25, 0.3) is 0 Å². The number of hydrogen-bond donors (Lipinski definition) is 2. The van der Waals surface area contributed by atoms with E-state index in [-0.39, 0.29) is 18.6 Å². The highest BCUT2D eigenvalue weighted by Crippen LogP contribution is 2.49. The molecule has 1 saturated heterocycles. The van der Waals surface area contributed by atoms with Gasteiger partial charge in [-0.2, -0.15) is 0 Å². The Kier molecular flexibility index (Phi) is 8.00. The van der Waals surface area contributed by atoms with Crippen molar-refractivity contribution in [3.63, 3.8) is 0 Å². The molecule has 7 atom stereocenters. The highest BCUT2D eigenvalue weighted by atomic mass is 16.7. The molecule has 1 saturated carbocycles. The molecule has 2 fully saturated rings. The summed E-state index contributed by atoms with van der Waals surface area (Å²) in [6.07, 6.45) is -4.77. The second kappa shape index (κ2) is 11.3. The van der Waals surface area contributed by atoms with Gasteiger partial charge in [0.05, 0.1) is 13.2 Å². The number of rotatable bonds is 8. The summed E-state index contributed by atoms with van der Waals surface area (Å²) >= 11 is 0. The molecule has 0 radical (unpaired) electrons. The van der Waals surface area contributed by atoms with Gasteiger partial charge in [0.2, 0.25) is 0 Å². The second-order valence-electron chi connectivity index (χ2n) is 11.6. The van der Waals surface area contributed by atoms with E-state index in [1.54, 1.807) is 0 Å². The van der Waals surface area contributed by atoms with Gasteiger partial charge in [-0.15, -0.1) is 0 Å². The Balaban J connectivity index is 1.51. The molecule has 1 aliphatic carbocycles. The number of benzene rings is 3. The molecule has 2 N–H and O–H groups in total. The van der Waals surface area contributed by atoms with Crippen molar-refractivity contribution in [2.24, 2.45) is 5.41 Å². The number of aliphatic hydroxyl groups is 2. The van der Waals surface area contributed by atoms with E-state index in [1.807, 2.05) is 91.0 Å². The molecule has 202 valence electrons. The minimum atomic E-state index is -1.45. The van der Waals surface area contributed by atoms with Crippen LogP contribution in [-0.4, -0.2) is 46.3 Å². The quantitative estimate of drug-likeness (QED) is 0.428. The zero-order chi connectivity index (χ0) is 26.8. The van der Waals surface area contributed by atoms with Gasteiger partial charge in [-0.3, -0.25) is 0 Å². The Morgan fingerprint density at radius 3 is 1.55 bits per heavy atom. The minimum absolute atomic E-state index is 0.256. The fraction of sp³-hybridized carbons (Fsp3) is 0.438. The van der Waals surface area contributed by atoms with E-state index >= 15 is 0 Å². The Hall–Kier alpha value is -2.58. The van der Waals surface area contributed by atoms with Gasteiger partial charge < -0.3 is 29.2 Å². The topological polar surface area (TPSA) is 77.4 Å². The van der Waals surface area contributed by atoms with E-state index in [9.17, 15) is 10.2 Å². The van der Waals surface area contributed by atoms with Crippen molar-refractivity contribution in [2.75, 3.05) is 0 Å². The van der Waals surface area contributed by atoms with Crippen LogP contribution in [0.3, 0.4) is 0 Å². The van der Waals surface area contributed by atoms with Gasteiger partial charge in [0.1, 0.15) is 36.1 Å². The standard InChI is InChI=1S/C32H38O6/c1-31(2,3)21-32(34)28-26(35-19-22-13-7-4-8-14-22)25(33)27(36-20-23-15-9-5-10-16-23)29(32)38-30(37-28)24-17-11-6-12-18-24/h4-18,25-30,33-34H,19-21H2,1-3H3/t25?,26-,27+,28-,29+,30?,32?. The summed E-state index contributed by atoms with van der Waals surface area (Å²) in [5.74, 6) is 0. The van der Waals surface area contributed by atoms with E-state index in [4.69, 9.17) is 18.9 Å². The van der Waals surface area contributed by atoms with Crippen LogP contribution in [0, 0.1) is 5.41 Å². The third kappa shape index (κ3) is 5.86. The van der Waals surface area contributed by atoms with Crippen LogP contribution in [0.4, 0.5) is 0 Å². The fourth-order valence-corrected chi connectivity index (χ4v) is 5.69. The molecular weight excluding hydrogens is 480 g/mol. The third-order valence-corrected chi connectivity index (χ3v) is 7.25. The third-order valence-electron chi connectivity index (χ3n) is 7.25. The summed E-state index contributed by atoms with van der Waals surface area (Å²) in [7, 11) is 0. The minimum Gasteiger partial charge on any atom is -0.387 e. The maximum Gasteiger partial charge on any atom is 0.185 e. The zero-order valence-corrected chi connectivity index (χ0v) is 22.3. The van der Waals surface area contributed by atoms with Crippen molar-refractivity contribution < 1.29 is 29.2 Å². The molecule has 3 aromatic rings. The molecule has 3 aromatic carbocycles. The van der Waals surface area contributed by atoms with Crippen molar-refractivity contribution in [1.82, 2.24) is 0 Å². The maximum atomic E-state index is 12.4. The molecule has 38 heavy (non-hydrogen) atoms. The molecular formula is C32H38O6. The highest BCUT2D eigenvalue weighted by Gasteiger charge is 2.65. The predicted octanol–water partition coefficient (Wildman–Crippen LogP) is 5.18. The van der Waals surface area contributed by atoms with Crippen molar-refractivity contribution >= 4 is 0 Å². The molecule has 3 unspecified atom stereocenters. The highest BCUT2D eigenvalue weighted by molar-refractivity contribution is 5.21. The first-order valence-corrected chi connectivity index (χ1v) is 13.3. The molecule has 5 rings (SSSR count). The number of aliphatic hydroxyl groups excluding tert-OH is 1. The van der Waals surface area contributed by atoms with Crippen molar-refractivity contribution in [3.05, 3.63) is 108 Å². The smallest absolute Gasteiger partial charge is 0.185 e. The van der Waals surface area contributed by atoms with Crippen LogP contribution in [-0.2, 0) is 32.2 Å². The molecule has 0 spiro atoms. The molecule has 1 aliphatic heterocycles. The first-order chi connectivity index (χ1) is 18.2. The Morgan fingerprint density at radius 1 is 0.711 bits per heavy atom. The van der Waals surface area contributed by atoms with Crippen LogP contribution in [0.5, 0.6) is 0 Å². The van der Waals surface area contributed by atoms with Crippen LogP contribution in [0.2, 0.25) is 0 Å². The predicted molar refractivity (Wildman–Crippen MR) is 144 cm³/mol. The van der Waals surface area contributed by atoms with Crippen molar-refractivity contribution in [1.29, 1.82) is 0 Å². The summed E-state index contributed by atoms with van der Waals surface area (Å²) in [6, 6.07) is 29.2. The summed E-state index contributed by atoms with van der Waals surface area (Å²) < 4.78 is 25.7. The molecule has 2 aliphatic rings. The van der Waals surface area contributed by atoms with Gasteiger partial charge in [-0.25, -0.2) is 0 Å². The first-order valence-electron chi connectivity index (χ1n) is 13.3. The number of hydrogen-bond acceptors (Lipinski definition) is 6. The van der Waals surface area contributed by atoms with Gasteiger partial charge in [0, 0.05) is 5.56 Å². The lowest BCUT2D eigenvalue weighted by Gasteiger charge is -2.58. The van der Waals surface area contributed by atoms with Gasteiger partial charge >= 0.3 is 0 Å². The van der Waals surface area contributed by atoms with Crippen LogP contribution in [0.25, 0.3) is 0 Å². The van der Waals surface area contributed by atoms with E-state index in [0.717, 1.165) is 16.7 Å². The molecule has 6 nitrogen and oxygen atoms in total. The van der Waals surface area contributed by atoms with E-state index < -0.39 is 42.4 Å². The maximum absolute atomic E-state index is 12.4. The van der Waals surface area contributed by atoms with Gasteiger partial charge in [-0.05, 0) is 23.0 Å². The summed E-state index contributed by atoms with van der Waals surface area (Å²) in [5.41, 5.74) is 1.06. The van der Waals surface area contributed by atoms with Gasteiger partial charge in [-0.1, -0.05) is 112 Å². The van der Waals surface area contributed by atoms with Crippen LogP contribution >= 0.6 is 0 Å². The Bertz CT molecular complexity index is 1090. The SMILES string of the molecule is CC(C)(C)CC1(O)[C@@H]2OC(c3ccccc3)O[C@H]1[C@@H](OCc1ccccc1)C(O)[C@H]2OCc1ccccc1. The molecule has 2 bridgehead atoms. The number of ether oxygens (including phenoxy) is 4.